The van der Waals surface area contributed by atoms with Crippen LogP contribution in [0.2, 0.25) is 0 Å². The van der Waals surface area contributed by atoms with Gasteiger partial charge in [-0.3, -0.25) is 9.78 Å². The van der Waals surface area contributed by atoms with E-state index in [9.17, 15) is 4.79 Å². The number of amides is 1. The van der Waals surface area contributed by atoms with Crippen LogP contribution in [-0.4, -0.2) is 38.9 Å². The lowest BCUT2D eigenvalue weighted by Crippen LogP contribution is -2.27. The van der Waals surface area contributed by atoms with E-state index in [2.05, 4.69) is 15.4 Å². The predicted molar refractivity (Wildman–Crippen MR) is 124 cm³/mol. The van der Waals surface area contributed by atoms with Gasteiger partial charge < -0.3 is 14.8 Å². The van der Waals surface area contributed by atoms with E-state index in [1.165, 1.54) is 0 Å². The van der Waals surface area contributed by atoms with Gasteiger partial charge in [0, 0.05) is 24.0 Å². The summed E-state index contributed by atoms with van der Waals surface area (Å²) in [4.78, 5) is 22.3. The second-order valence-corrected chi connectivity index (χ2v) is 8.31. The molecule has 4 heterocycles. The first-order chi connectivity index (χ1) is 16.0. The monoisotopic (exact) mass is 443 g/mol. The molecule has 168 valence electrons. The van der Waals surface area contributed by atoms with Gasteiger partial charge in [-0.25, -0.2) is 9.67 Å². The maximum absolute atomic E-state index is 13.4. The summed E-state index contributed by atoms with van der Waals surface area (Å²) in [7, 11) is 0. The van der Waals surface area contributed by atoms with Gasteiger partial charge in [-0.2, -0.15) is 5.10 Å². The lowest BCUT2D eigenvalue weighted by atomic mass is 10.0. The van der Waals surface area contributed by atoms with Crippen molar-refractivity contribution in [3.05, 3.63) is 66.1 Å². The molecule has 1 aliphatic heterocycles. The SMILES string of the molecule is CC(NC(=O)c1cc(-c2ccc3c(c2)OCCO3)nc2c1cnn2C(C)C)c1ccncc1. The number of carbonyl (C=O) groups excluding carboxylic acids is 1. The molecule has 1 aromatic carbocycles. The van der Waals surface area contributed by atoms with Crippen LogP contribution in [0.4, 0.5) is 0 Å². The summed E-state index contributed by atoms with van der Waals surface area (Å²) in [6.45, 7) is 7.06. The zero-order valence-electron chi connectivity index (χ0n) is 18.8. The number of ether oxygens (including phenoxy) is 2. The summed E-state index contributed by atoms with van der Waals surface area (Å²) in [6.07, 6.45) is 5.15. The minimum Gasteiger partial charge on any atom is -0.486 e. The molecular weight excluding hydrogens is 418 g/mol. The highest BCUT2D eigenvalue weighted by Gasteiger charge is 2.21. The van der Waals surface area contributed by atoms with Crippen molar-refractivity contribution in [3.8, 4) is 22.8 Å². The van der Waals surface area contributed by atoms with E-state index in [4.69, 9.17) is 14.5 Å². The topological polar surface area (TPSA) is 91.2 Å². The largest absolute Gasteiger partial charge is 0.486 e. The van der Waals surface area contributed by atoms with E-state index in [1.807, 2.05) is 61.9 Å². The summed E-state index contributed by atoms with van der Waals surface area (Å²) >= 11 is 0. The van der Waals surface area contributed by atoms with E-state index in [0.717, 1.165) is 11.1 Å². The smallest absolute Gasteiger partial charge is 0.252 e. The molecule has 0 bridgehead atoms. The zero-order valence-corrected chi connectivity index (χ0v) is 18.8. The van der Waals surface area contributed by atoms with E-state index >= 15 is 0 Å². The normalized spacial score (nSPS) is 13.8. The van der Waals surface area contributed by atoms with Gasteiger partial charge in [0.2, 0.25) is 0 Å². The van der Waals surface area contributed by atoms with Crippen LogP contribution in [0.1, 0.15) is 48.8 Å². The number of fused-ring (bicyclic) bond motifs is 2. The number of rotatable bonds is 5. The highest BCUT2D eigenvalue weighted by Crippen LogP contribution is 2.35. The number of pyridine rings is 2. The molecule has 8 nitrogen and oxygen atoms in total. The fraction of sp³-hybridized carbons (Fsp3) is 0.280. The third kappa shape index (κ3) is 4.00. The number of hydrogen-bond donors (Lipinski definition) is 1. The first kappa shape index (κ1) is 20.9. The number of nitrogens with one attached hydrogen (secondary N) is 1. The van der Waals surface area contributed by atoms with Crippen LogP contribution < -0.4 is 14.8 Å². The Labute approximate surface area is 191 Å². The van der Waals surface area contributed by atoms with E-state index in [1.54, 1.807) is 18.6 Å². The fourth-order valence-corrected chi connectivity index (χ4v) is 3.94. The minimum atomic E-state index is -0.186. The second kappa shape index (κ2) is 8.54. The first-order valence-electron chi connectivity index (χ1n) is 11.0. The summed E-state index contributed by atoms with van der Waals surface area (Å²) in [6, 6.07) is 11.2. The third-order valence-electron chi connectivity index (χ3n) is 5.69. The molecule has 4 aromatic rings. The van der Waals surface area contributed by atoms with Gasteiger partial charge in [0.1, 0.15) is 13.2 Å². The minimum absolute atomic E-state index is 0.0946. The molecule has 33 heavy (non-hydrogen) atoms. The van der Waals surface area contributed by atoms with Crippen molar-refractivity contribution in [2.24, 2.45) is 0 Å². The molecular formula is C25H25N5O3. The molecule has 0 aliphatic carbocycles. The van der Waals surface area contributed by atoms with E-state index < -0.39 is 0 Å². The van der Waals surface area contributed by atoms with Gasteiger partial charge in [0.25, 0.3) is 5.91 Å². The summed E-state index contributed by atoms with van der Waals surface area (Å²) in [5.41, 5.74) is 3.68. The van der Waals surface area contributed by atoms with Crippen molar-refractivity contribution >= 4 is 16.9 Å². The Balaban J connectivity index is 1.58. The van der Waals surface area contributed by atoms with Crippen LogP contribution in [0, 0.1) is 0 Å². The van der Waals surface area contributed by atoms with E-state index in [-0.39, 0.29) is 18.0 Å². The Hall–Kier alpha value is -3.94. The molecule has 0 saturated carbocycles. The van der Waals surface area contributed by atoms with Gasteiger partial charge >= 0.3 is 0 Å². The Morgan fingerprint density at radius 2 is 1.79 bits per heavy atom. The molecule has 1 amide bonds. The number of carbonyl (C=O) groups is 1. The third-order valence-corrected chi connectivity index (χ3v) is 5.69. The lowest BCUT2D eigenvalue weighted by Gasteiger charge is -2.19. The van der Waals surface area contributed by atoms with Gasteiger partial charge in [0.05, 0.1) is 28.9 Å². The molecule has 1 aliphatic rings. The van der Waals surface area contributed by atoms with Crippen LogP contribution in [0.5, 0.6) is 11.5 Å². The van der Waals surface area contributed by atoms with Crippen LogP contribution in [0.3, 0.4) is 0 Å². The fourth-order valence-electron chi connectivity index (χ4n) is 3.94. The van der Waals surface area contributed by atoms with Gasteiger partial charge in [-0.05, 0) is 62.7 Å². The van der Waals surface area contributed by atoms with Crippen molar-refractivity contribution in [3.63, 3.8) is 0 Å². The molecule has 8 heteroatoms. The van der Waals surface area contributed by atoms with E-state index in [0.29, 0.717) is 47.0 Å². The summed E-state index contributed by atoms with van der Waals surface area (Å²) in [5.74, 6) is 1.20. The van der Waals surface area contributed by atoms with Crippen LogP contribution >= 0.6 is 0 Å². The molecule has 1 atom stereocenters. The Morgan fingerprint density at radius 3 is 2.55 bits per heavy atom. The number of nitrogens with zero attached hydrogens (tertiary/aromatic N) is 4. The molecule has 1 N–H and O–H groups in total. The van der Waals surface area contributed by atoms with Gasteiger partial charge in [0.15, 0.2) is 17.1 Å². The molecule has 0 spiro atoms. The van der Waals surface area contributed by atoms with Gasteiger partial charge in [-0.15, -0.1) is 0 Å². The van der Waals surface area contributed by atoms with Crippen molar-refractivity contribution in [2.45, 2.75) is 32.9 Å². The van der Waals surface area contributed by atoms with Crippen molar-refractivity contribution in [1.82, 2.24) is 25.1 Å². The summed E-state index contributed by atoms with van der Waals surface area (Å²) in [5, 5.41) is 8.31. The Bertz CT molecular complexity index is 1320. The molecule has 1 unspecified atom stereocenters. The maximum Gasteiger partial charge on any atom is 0.252 e. The Morgan fingerprint density at radius 1 is 1.03 bits per heavy atom. The first-order valence-corrected chi connectivity index (χ1v) is 11.0. The van der Waals surface area contributed by atoms with Crippen LogP contribution in [0.25, 0.3) is 22.3 Å². The summed E-state index contributed by atoms with van der Waals surface area (Å²) < 4.78 is 13.2. The molecule has 0 radical (unpaired) electrons. The molecule has 0 fully saturated rings. The van der Waals surface area contributed by atoms with Crippen LogP contribution in [0.15, 0.2) is 55.0 Å². The molecule has 3 aromatic heterocycles. The number of hydrogen-bond acceptors (Lipinski definition) is 6. The standard InChI is InChI=1S/C25H25N5O3/c1-15(2)30-24-20(14-27-30)19(25(31)28-16(3)17-6-8-26-9-7-17)13-21(29-24)18-4-5-22-23(12-18)33-11-10-32-22/h4-9,12-16H,10-11H2,1-3H3,(H,28,31). The zero-order chi connectivity index (χ0) is 22.9. The second-order valence-electron chi connectivity index (χ2n) is 8.31. The highest BCUT2D eigenvalue weighted by atomic mass is 16.6. The van der Waals surface area contributed by atoms with Crippen molar-refractivity contribution < 1.29 is 14.3 Å². The average molecular weight is 444 g/mol. The molecule has 0 saturated heterocycles. The van der Waals surface area contributed by atoms with Crippen molar-refractivity contribution in [2.75, 3.05) is 13.2 Å². The molecule has 5 rings (SSSR count). The quantitative estimate of drug-likeness (QED) is 0.494. The van der Waals surface area contributed by atoms with Crippen molar-refractivity contribution in [1.29, 1.82) is 0 Å². The highest BCUT2D eigenvalue weighted by molar-refractivity contribution is 6.06. The lowest BCUT2D eigenvalue weighted by molar-refractivity contribution is 0.0941. The number of aromatic nitrogens is 4. The van der Waals surface area contributed by atoms with Crippen LogP contribution in [-0.2, 0) is 0 Å². The van der Waals surface area contributed by atoms with Gasteiger partial charge in [-0.1, -0.05) is 0 Å². The average Bonchev–Trinajstić information content (AvgIpc) is 3.28. The predicted octanol–water partition coefficient (Wildman–Crippen LogP) is 4.34. The Kier molecular flexibility index (Phi) is 5.42. The number of benzene rings is 1. The maximum atomic E-state index is 13.4.